The third-order valence-electron chi connectivity index (χ3n) is 2.82. The quantitative estimate of drug-likeness (QED) is 0.741. The van der Waals surface area contributed by atoms with Crippen molar-refractivity contribution < 1.29 is 19.1 Å². The van der Waals surface area contributed by atoms with Crippen molar-refractivity contribution in [1.29, 1.82) is 0 Å². The Labute approximate surface area is 136 Å². The Hall–Kier alpha value is -1.21. The normalized spacial score (nSPS) is 11.6. The number of methoxy groups -OCH3 is 2. The lowest BCUT2D eigenvalue weighted by molar-refractivity contribution is -0.142. The number of esters is 1. The largest absolute Gasteiger partial charge is 0.496 e. The summed E-state index contributed by atoms with van der Waals surface area (Å²) in [6.45, 7) is 0. The molecule has 0 fully saturated rings. The Balaban J connectivity index is 2.81. The van der Waals surface area contributed by atoms with Crippen molar-refractivity contribution in [3.63, 3.8) is 0 Å². The van der Waals surface area contributed by atoms with Gasteiger partial charge in [-0.2, -0.15) is 11.8 Å². The first kappa shape index (κ1) is 17.8. The first-order valence-electron chi connectivity index (χ1n) is 6.24. The van der Waals surface area contributed by atoms with Gasteiger partial charge in [-0.15, -0.1) is 0 Å². The molecule has 0 heterocycles. The van der Waals surface area contributed by atoms with E-state index in [-0.39, 0.29) is 5.91 Å². The highest BCUT2D eigenvalue weighted by molar-refractivity contribution is 9.10. The van der Waals surface area contributed by atoms with E-state index in [1.807, 2.05) is 6.26 Å². The van der Waals surface area contributed by atoms with Gasteiger partial charge in [0.25, 0.3) is 5.91 Å². The van der Waals surface area contributed by atoms with Gasteiger partial charge in [-0.25, -0.2) is 4.79 Å². The molecule has 0 saturated heterocycles. The minimum Gasteiger partial charge on any atom is -0.496 e. The number of ether oxygens (including phenoxy) is 2. The zero-order valence-corrected chi connectivity index (χ0v) is 14.5. The lowest BCUT2D eigenvalue weighted by Gasteiger charge is -2.16. The molecule has 0 aliphatic carbocycles. The lowest BCUT2D eigenvalue weighted by atomic mass is 10.1. The smallest absolute Gasteiger partial charge is 0.328 e. The van der Waals surface area contributed by atoms with Gasteiger partial charge in [0.15, 0.2) is 0 Å². The van der Waals surface area contributed by atoms with Gasteiger partial charge in [-0.05, 0) is 52.6 Å². The molecule has 1 N–H and O–H groups in total. The fourth-order valence-corrected chi connectivity index (χ4v) is 2.69. The number of benzene rings is 1. The second-order valence-electron chi connectivity index (χ2n) is 4.18. The Morgan fingerprint density at radius 3 is 2.62 bits per heavy atom. The molecule has 1 aromatic carbocycles. The van der Waals surface area contributed by atoms with Crippen molar-refractivity contribution in [3.05, 3.63) is 28.2 Å². The summed E-state index contributed by atoms with van der Waals surface area (Å²) in [7, 11) is 2.86. The number of carbonyl (C=O) groups is 2. The molecule has 0 saturated carbocycles. The highest BCUT2D eigenvalue weighted by Crippen LogP contribution is 2.25. The number of thioether (sulfide) groups is 1. The molecule has 0 spiro atoms. The summed E-state index contributed by atoms with van der Waals surface area (Å²) < 4.78 is 10.5. The fraction of sp³-hybridized carbons (Fsp3) is 0.429. The van der Waals surface area contributed by atoms with Crippen molar-refractivity contribution in [2.75, 3.05) is 26.2 Å². The molecule has 0 aromatic heterocycles. The van der Waals surface area contributed by atoms with Gasteiger partial charge in [0, 0.05) is 5.56 Å². The molecule has 0 aliphatic rings. The highest BCUT2D eigenvalue weighted by atomic mass is 79.9. The van der Waals surface area contributed by atoms with E-state index in [0.29, 0.717) is 22.2 Å². The molecule has 1 aromatic rings. The van der Waals surface area contributed by atoms with Gasteiger partial charge in [0.05, 0.1) is 18.7 Å². The van der Waals surface area contributed by atoms with Crippen molar-refractivity contribution >= 4 is 39.6 Å². The zero-order chi connectivity index (χ0) is 15.8. The van der Waals surface area contributed by atoms with Crippen LogP contribution in [0, 0.1) is 0 Å². The Morgan fingerprint density at radius 1 is 1.38 bits per heavy atom. The molecule has 7 heteroatoms. The molecule has 21 heavy (non-hydrogen) atoms. The summed E-state index contributed by atoms with van der Waals surface area (Å²) in [6, 6.07) is 4.34. The molecule has 0 unspecified atom stereocenters. The molecule has 5 nitrogen and oxygen atoms in total. The predicted octanol–water partition coefficient (Wildman–Crippen LogP) is 2.48. The predicted molar refractivity (Wildman–Crippen MR) is 87.0 cm³/mol. The third-order valence-corrected chi connectivity index (χ3v) is 4.08. The number of amides is 1. The van der Waals surface area contributed by atoms with Crippen LogP contribution in [0.3, 0.4) is 0 Å². The van der Waals surface area contributed by atoms with Crippen LogP contribution in [0.25, 0.3) is 0 Å². The Morgan fingerprint density at radius 2 is 2.10 bits per heavy atom. The fourth-order valence-electron chi connectivity index (χ4n) is 1.68. The summed E-state index contributed by atoms with van der Waals surface area (Å²) in [5.41, 5.74) is 0.445. The average molecular weight is 376 g/mol. The summed E-state index contributed by atoms with van der Waals surface area (Å²) in [5, 5.41) is 2.70. The van der Waals surface area contributed by atoms with E-state index < -0.39 is 12.0 Å². The second kappa shape index (κ2) is 8.94. The van der Waals surface area contributed by atoms with Gasteiger partial charge in [-0.3, -0.25) is 4.79 Å². The van der Waals surface area contributed by atoms with Crippen LogP contribution in [-0.4, -0.2) is 44.1 Å². The molecule has 0 aliphatic heterocycles. The van der Waals surface area contributed by atoms with Crippen LogP contribution in [0.15, 0.2) is 22.7 Å². The second-order valence-corrected chi connectivity index (χ2v) is 6.02. The van der Waals surface area contributed by atoms with Crippen LogP contribution in [0.5, 0.6) is 5.75 Å². The maximum Gasteiger partial charge on any atom is 0.328 e. The van der Waals surface area contributed by atoms with Gasteiger partial charge < -0.3 is 14.8 Å². The monoisotopic (exact) mass is 375 g/mol. The van der Waals surface area contributed by atoms with E-state index >= 15 is 0 Å². The first-order valence-corrected chi connectivity index (χ1v) is 8.43. The molecule has 1 atom stereocenters. The number of rotatable bonds is 7. The molecule has 1 rings (SSSR count). The van der Waals surface area contributed by atoms with Gasteiger partial charge in [-0.1, -0.05) is 0 Å². The van der Waals surface area contributed by atoms with Crippen molar-refractivity contribution in [2.45, 2.75) is 12.5 Å². The minimum atomic E-state index is -0.643. The zero-order valence-electron chi connectivity index (χ0n) is 12.1. The number of hydrogen-bond acceptors (Lipinski definition) is 5. The van der Waals surface area contributed by atoms with E-state index in [2.05, 4.69) is 21.2 Å². The van der Waals surface area contributed by atoms with E-state index in [1.54, 1.807) is 37.1 Å². The minimum absolute atomic E-state index is 0.324. The average Bonchev–Trinajstić information content (AvgIpc) is 2.50. The van der Waals surface area contributed by atoms with Crippen LogP contribution in [0.1, 0.15) is 16.8 Å². The van der Waals surface area contributed by atoms with Crippen LogP contribution < -0.4 is 10.1 Å². The van der Waals surface area contributed by atoms with Crippen LogP contribution in [-0.2, 0) is 9.53 Å². The van der Waals surface area contributed by atoms with Gasteiger partial charge >= 0.3 is 5.97 Å². The van der Waals surface area contributed by atoms with E-state index in [1.165, 1.54) is 7.11 Å². The Kier molecular flexibility index (Phi) is 7.60. The molecular formula is C14H18BrNO4S. The highest BCUT2D eigenvalue weighted by Gasteiger charge is 2.22. The number of halogens is 1. The number of carbonyl (C=O) groups excluding carboxylic acids is 2. The summed E-state index contributed by atoms with van der Waals surface area (Å²) in [5.74, 6) is 0.630. The Bertz CT molecular complexity index is 510. The van der Waals surface area contributed by atoms with E-state index in [0.717, 1.165) is 5.75 Å². The molecular weight excluding hydrogens is 358 g/mol. The van der Waals surface area contributed by atoms with E-state index in [9.17, 15) is 9.59 Å². The van der Waals surface area contributed by atoms with Crippen molar-refractivity contribution in [2.24, 2.45) is 0 Å². The van der Waals surface area contributed by atoms with Crippen LogP contribution in [0.2, 0.25) is 0 Å². The van der Waals surface area contributed by atoms with Crippen molar-refractivity contribution in [1.82, 2.24) is 5.32 Å². The van der Waals surface area contributed by atoms with Gasteiger partial charge in [0.2, 0.25) is 0 Å². The summed E-state index contributed by atoms with van der Waals surface area (Å²) in [6.07, 6.45) is 2.47. The molecule has 116 valence electrons. The standard InChI is InChI=1S/C14H18BrNO4S/c1-19-12-5-4-9(8-10(12)15)13(17)16-11(6-7-21-3)14(18)20-2/h4-5,8,11H,6-7H2,1-3H3,(H,16,17)/t11-/m0/s1. The third kappa shape index (κ3) is 5.24. The number of hydrogen-bond donors (Lipinski definition) is 1. The summed E-state index contributed by atoms with van der Waals surface area (Å²) >= 11 is 4.93. The van der Waals surface area contributed by atoms with E-state index in [4.69, 9.17) is 9.47 Å². The SMILES string of the molecule is COC(=O)[C@H](CCSC)NC(=O)c1ccc(OC)c(Br)c1. The molecule has 0 bridgehead atoms. The van der Waals surface area contributed by atoms with Gasteiger partial charge in [0.1, 0.15) is 11.8 Å². The van der Waals surface area contributed by atoms with Crippen LogP contribution >= 0.6 is 27.7 Å². The first-order chi connectivity index (χ1) is 10.0. The van der Waals surface area contributed by atoms with Crippen LogP contribution in [0.4, 0.5) is 0 Å². The van der Waals surface area contributed by atoms with Crippen molar-refractivity contribution in [3.8, 4) is 5.75 Å². The number of nitrogens with one attached hydrogen (secondary N) is 1. The molecule has 0 radical (unpaired) electrons. The molecule has 1 amide bonds. The summed E-state index contributed by atoms with van der Waals surface area (Å²) in [4.78, 5) is 23.9. The maximum absolute atomic E-state index is 12.2. The maximum atomic E-state index is 12.2. The topological polar surface area (TPSA) is 64.6 Å². The lowest BCUT2D eigenvalue weighted by Crippen LogP contribution is -2.41.